The minimum Gasteiger partial charge on any atom is -0.460 e. The molecule has 0 aliphatic carbocycles. The molecule has 3 aromatic heterocycles. The van der Waals surface area contributed by atoms with E-state index in [2.05, 4.69) is 79.4 Å². The molecule has 0 saturated heterocycles. The molecule has 9 aromatic rings. The van der Waals surface area contributed by atoms with Gasteiger partial charge in [-0.05, 0) is 41.3 Å². The zero-order valence-corrected chi connectivity index (χ0v) is 25.6. The number of para-hydroxylation sites is 3. The first-order valence-electron chi connectivity index (χ1n) is 15.6. The van der Waals surface area contributed by atoms with Crippen molar-refractivity contribution in [1.29, 1.82) is 0 Å². The third-order valence-electron chi connectivity index (χ3n) is 8.87. The minimum atomic E-state index is 0.522. The van der Waals surface area contributed by atoms with Crippen molar-refractivity contribution in [2.75, 3.05) is 0 Å². The number of benzene rings is 6. The Morgan fingerprint density at radius 2 is 1.11 bits per heavy atom. The Hall–Kier alpha value is -6.33. The maximum atomic E-state index is 6.45. The number of fused-ring (bicyclic) bond motifs is 7. The average molecular weight is 606 g/mol. The number of furan rings is 2. The standard InChI is InChI=1S/C42H27N3O2/c1-3-4-14-28-25(2)46-38-31(28)17-10-20-34(38)41-43-40(33-19-9-13-27-24-23-26-12-5-6-15-29(26)37(27)33)44-42(45-41)35-21-11-18-32-30-16-7-8-22-36(30)47-39(32)35/h3-24H,1H2,2H3/b14-4-. The summed E-state index contributed by atoms with van der Waals surface area (Å²) in [6.07, 6.45) is 5.70. The zero-order valence-electron chi connectivity index (χ0n) is 25.6. The van der Waals surface area contributed by atoms with Gasteiger partial charge in [-0.3, -0.25) is 0 Å². The molecule has 0 unspecified atom stereocenters. The van der Waals surface area contributed by atoms with Gasteiger partial charge in [0.2, 0.25) is 0 Å². The summed E-state index contributed by atoms with van der Waals surface area (Å²) in [4.78, 5) is 15.5. The maximum absolute atomic E-state index is 6.45. The summed E-state index contributed by atoms with van der Waals surface area (Å²) in [5, 5.41) is 7.56. The van der Waals surface area contributed by atoms with Crippen LogP contribution in [-0.4, -0.2) is 15.0 Å². The molecule has 47 heavy (non-hydrogen) atoms. The van der Waals surface area contributed by atoms with Gasteiger partial charge in [-0.1, -0.05) is 122 Å². The van der Waals surface area contributed by atoms with Crippen LogP contribution in [-0.2, 0) is 0 Å². The van der Waals surface area contributed by atoms with Crippen molar-refractivity contribution in [3.8, 4) is 34.2 Å². The molecule has 0 N–H and O–H groups in total. The number of aromatic nitrogens is 3. The van der Waals surface area contributed by atoms with Gasteiger partial charge in [-0.25, -0.2) is 15.0 Å². The molecule has 5 heteroatoms. The van der Waals surface area contributed by atoms with E-state index < -0.39 is 0 Å². The highest BCUT2D eigenvalue weighted by Crippen LogP contribution is 2.39. The molecular weight excluding hydrogens is 578 g/mol. The van der Waals surface area contributed by atoms with Crippen LogP contribution in [0.1, 0.15) is 11.3 Å². The molecule has 0 atom stereocenters. The van der Waals surface area contributed by atoms with Gasteiger partial charge in [-0.2, -0.15) is 0 Å². The zero-order chi connectivity index (χ0) is 31.5. The second-order valence-electron chi connectivity index (χ2n) is 11.6. The molecule has 0 saturated carbocycles. The lowest BCUT2D eigenvalue weighted by molar-refractivity contribution is 0.578. The first kappa shape index (κ1) is 27.0. The lowest BCUT2D eigenvalue weighted by Gasteiger charge is -2.12. The van der Waals surface area contributed by atoms with Crippen LogP contribution >= 0.6 is 0 Å². The smallest absolute Gasteiger partial charge is 0.167 e. The van der Waals surface area contributed by atoms with Crippen LogP contribution in [0.15, 0.2) is 143 Å². The van der Waals surface area contributed by atoms with Gasteiger partial charge in [0.1, 0.15) is 22.5 Å². The van der Waals surface area contributed by atoms with E-state index in [4.69, 9.17) is 23.8 Å². The van der Waals surface area contributed by atoms with Crippen LogP contribution in [0.25, 0.3) is 94.7 Å². The molecule has 0 aliphatic rings. The second kappa shape index (κ2) is 10.6. The highest BCUT2D eigenvalue weighted by atomic mass is 16.3. The Balaban J connectivity index is 1.37. The molecule has 0 spiro atoms. The van der Waals surface area contributed by atoms with Crippen LogP contribution in [0.4, 0.5) is 0 Å². The van der Waals surface area contributed by atoms with Gasteiger partial charge in [0.05, 0.1) is 11.1 Å². The van der Waals surface area contributed by atoms with Gasteiger partial charge in [0, 0.05) is 32.7 Å². The fraction of sp³-hybridized carbons (Fsp3) is 0.0238. The number of rotatable bonds is 5. The molecular formula is C42H27N3O2. The molecule has 5 nitrogen and oxygen atoms in total. The third-order valence-corrected chi connectivity index (χ3v) is 8.87. The molecule has 0 aliphatic heterocycles. The van der Waals surface area contributed by atoms with Crippen molar-refractivity contribution in [3.63, 3.8) is 0 Å². The SMILES string of the molecule is C=C/C=C\c1c(C)oc2c(-c3nc(-c4cccc5c4oc4ccccc45)nc(-c4cccc5ccc6ccccc6c45)n3)cccc12. The van der Waals surface area contributed by atoms with Crippen LogP contribution in [0.2, 0.25) is 0 Å². The maximum Gasteiger partial charge on any atom is 0.167 e. The van der Waals surface area contributed by atoms with E-state index in [0.717, 1.165) is 82.5 Å². The predicted molar refractivity (Wildman–Crippen MR) is 192 cm³/mol. The van der Waals surface area contributed by atoms with Crippen LogP contribution in [0.3, 0.4) is 0 Å². The molecule has 0 radical (unpaired) electrons. The summed E-state index contributed by atoms with van der Waals surface area (Å²) in [5.41, 5.74) is 5.80. The predicted octanol–water partition coefficient (Wildman–Crippen LogP) is 11.3. The summed E-state index contributed by atoms with van der Waals surface area (Å²) in [7, 11) is 0. The van der Waals surface area contributed by atoms with E-state index in [1.165, 1.54) is 0 Å². The monoisotopic (exact) mass is 605 g/mol. The van der Waals surface area contributed by atoms with Gasteiger partial charge in [0.25, 0.3) is 0 Å². The number of nitrogens with zero attached hydrogens (tertiary/aromatic N) is 3. The van der Waals surface area contributed by atoms with Crippen molar-refractivity contribution >= 4 is 60.5 Å². The van der Waals surface area contributed by atoms with E-state index in [1.807, 2.05) is 61.5 Å². The fourth-order valence-electron chi connectivity index (χ4n) is 6.71. The first-order chi connectivity index (χ1) is 23.2. The lowest BCUT2D eigenvalue weighted by atomic mass is 9.97. The lowest BCUT2D eigenvalue weighted by Crippen LogP contribution is -2.01. The van der Waals surface area contributed by atoms with E-state index in [-0.39, 0.29) is 0 Å². The summed E-state index contributed by atoms with van der Waals surface area (Å²) in [6.45, 7) is 5.81. The van der Waals surface area contributed by atoms with Gasteiger partial charge in [-0.15, -0.1) is 0 Å². The summed E-state index contributed by atoms with van der Waals surface area (Å²) in [6, 6.07) is 39.3. The van der Waals surface area contributed by atoms with Crippen molar-refractivity contribution in [2.45, 2.75) is 6.92 Å². The van der Waals surface area contributed by atoms with E-state index in [9.17, 15) is 0 Å². The molecule has 0 amide bonds. The van der Waals surface area contributed by atoms with Crippen molar-refractivity contribution < 1.29 is 8.83 Å². The Bertz CT molecular complexity index is 2730. The van der Waals surface area contributed by atoms with Crippen molar-refractivity contribution in [1.82, 2.24) is 15.0 Å². The minimum absolute atomic E-state index is 0.522. The molecule has 6 aromatic carbocycles. The van der Waals surface area contributed by atoms with Gasteiger partial charge >= 0.3 is 0 Å². The number of hydrogen-bond acceptors (Lipinski definition) is 5. The first-order valence-corrected chi connectivity index (χ1v) is 15.6. The van der Waals surface area contributed by atoms with Crippen LogP contribution in [0.5, 0.6) is 0 Å². The Kier molecular flexibility index (Phi) is 6.12. The van der Waals surface area contributed by atoms with E-state index in [0.29, 0.717) is 17.5 Å². The van der Waals surface area contributed by atoms with E-state index >= 15 is 0 Å². The molecule has 0 bridgehead atoms. The number of hydrogen-bond donors (Lipinski definition) is 0. The largest absolute Gasteiger partial charge is 0.460 e. The molecule has 9 rings (SSSR count). The van der Waals surface area contributed by atoms with Crippen molar-refractivity contribution in [2.24, 2.45) is 0 Å². The molecule has 3 heterocycles. The fourth-order valence-corrected chi connectivity index (χ4v) is 6.71. The van der Waals surface area contributed by atoms with Crippen LogP contribution < -0.4 is 0 Å². The normalized spacial score (nSPS) is 11.9. The Morgan fingerprint density at radius 3 is 1.89 bits per heavy atom. The number of aryl methyl sites for hydroxylation is 1. The van der Waals surface area contributed by atoms with Crippen molar-refractivity contribution in [3.05, 3.63) is 145 Å². The van der Waals surface area contributed by atoms with Crippen LogP contribution in [0, 0.1) is 6.92 Å². The summed E-state index contributed by atoms with van der Waals surface area (Å²) in [5.74, 6) is 2.44. The molecule has 222 valence electrons. The molecule has 0 fully saturated rings. The summed E-state index contributed by atoms with van der Waals surface area (Å²) >= 11 is 0. The van der Waals surface area contributed by atoms with E-state index in [1.54, 1.807) is 6.08 Å². The summed E-state index contributed by atoms with van der Waals surface area (Å²) < 4.78 is 12.9. The van der Waals surface area contributed by atoms with Gasteiger partial charge < -0.3 is 8.83 Å². The Labute approximate surface area is 270 Å². The van der Waals surface area contributed by atoms with Gasteiger partial charge in [0.15, 0.2) is 17.5 Å². The number of allylic oxidation sites excluding steroid dienone is 2. The Morgan fingerprint density at radius 1 is 0.532 bits per heavy atom. The third kappa shape index (κ3) is 4.28. The highest BCUT2D eigenvalue weighted by Gasteiger charge is 2.21. The highest BCUT2D eigenvalue weighted by molar-refractivity contribution is 6.14. The second-order valence-corrected chi connectivity index (χ2v) is 11.6. The quantitative estimate of drug-likeness (QED) is 0.144. The topological polar surface area (TPSA) is 65.0 Å². The average Bonchev–Trinajstić information content (AvgIpc) is 3.66.